The minimum absolute atomic E-state index is 0.270. The summed E-state index contributed by atoms with van der Waals surface area (Å²) in [5, 5.41) is 0. The van der Waals surface area contributed by atoms with E-state index >= 15 is 0 Å². The molecule has 5 aromatic rings. The Morgan fingerprint density at radius 3 is 1.02 bits per heavy atom. The molecule has 6 heteroatoms. The van der Waals surface area contributed by atoms with Crippen LogP contribution >= 0.6 is 0 Å². The van der Waals surface area contributed by atoms with Crippen molar-refractivity contribution in [1.82, 2.24) is 0 Å². The van der Waals surface area contributed by atoms with Crippen LogP contribution in [0.4, 0.5) is 0 Å². The molecule has 6 rings (SSSR count). The van der Waals surface area contributed by atoms with E-state index in [-0.39, 0.29) is 5.92 Å². The van der Waals surface area contributed by atoms with Gasteiger partial charge in [-0.25, -0.2) is 0 Å². The largest absolute Gasteiger partial charge is 0.376 e. The second-order valence-corrected chi connectivity index (χ2v) is 12.8. The Balaban J connectivity index is 1.38. The highest BCUT2D eigenvalue weighted by Gasteiger charge is 2.54. The van der Waals surface area contributed by atoms with Gasteiger partial charge in [-0.15, -0.1) is 6.58 Å². The monoisotopic (exact) mass is 684 g/mol. The fraction of sp³-hybridized carbons (Fsp3) is 0.289. The van der Waals surface area contributed by atoms with Crippen LogP contribution in [0.1, 0.15) is 27.8 Å². The van der Waals surface area contributed by atoms with Gasteiger partial charge >= 0.3 is 0 Å². The molecule has 0 radical (unpaired) electrons. The van der Waals surface area contributed by atoms with Gasteiger partial charge in [0.25, 0.3) is 0 Å². The van der Waals surface area contributed by atoms with E-state index in [2.05, 4.69) is 67.2 Å². The molecular weight excluding hydrogens is 636 g/mol. The van der Waals surface area contributed by atoms with E-state index < -0.39 is 30.5 Å². The van der Waals surface area contributed by atoms with Crippen molar-refractivity contribution in [1.29, 1.82) is 0 Å². The molecule has 0 N–H and O–H groups in total. The van der Waals surface area contributed by atoms with Crippen LogP contribution in [0.2, 0.25) is 0 Å². The fourth-order valence-electron chi connectivity index (χ4n) is 6.56. The maximum atomic E-state index is 6.96. The number of hydrogen-bond acceptors (Lipinski definition) is 6. The minimum Gasteiger partial charge on any atom is -0.376 e. The lowest BCUT2D eigenvalue weighted by atomic mass is 9.77. The normalized spacial score (nSPS) is 21.6. The molecule has 0 aromatic heterocycles. The molecule has 0 spiro atoms. The van der Waals surface area contributed by atoms with Crippen molar-refractivity contribution < 1.29 is 28.4 Å². The molecule has 1 saturated carbocycles. The lowest BCUT2D eigenvalue weighted by molar-refractivity contribution is -0.272. The third-order valence-electron chi connectivity index (χ3n) is 9.11. The molecule has 0 heterocycles. The quantitative estimate of drug-likeness (QED) is 0.0812. The van der Waals surface area contributed by atoms with Gasteiger partial charge in [-0.2, -0.15) is 0 Å². The highest BCUT2D eigenvalue weighted by molar-refractivity contribution is 5.18. The Morgan fingerprint density at radius 1 is 0.373 bits per heavy atom. The van der Waals surface area contributed by atoms with Crippen LogP contribution in [0, 0.1) is 5.92 Å². The minimum atomic E-state index is -0.541. The lowest BCUT2D eigenvalue weighted by Crippen LogP contribution is -2.65. The lowest BCUT2D eigenvalue weighted by Gasteiger charge is -2.50. The van der Waals surface area contributed by atoms with Gasteiger partial charge in [0.2, 0.25) is 0 Å². The average Bonchev–Trinajstić information content (AvgIpc) is 3.19. The summed E-state index contributed by atoms with van der Waals surface area (Å²) in [6.45, 7) is 6.63. The first-order chi connectivity index (χ1) is 25.3. The predicted molar refractivity (Wildman–Crippen MR) is 200 cm³/mol. The van der Waals surface area contributed by atoms with E-state index in [0.717, 1.165) is 27.8 Å². The third kappa shape index (κ3) is 10.8. The number of benzene rings is 5. The molecule has 0 saturated heterocycles. The summed E-state index contributed by atoms with van der Waals surface area (Å²) >= 11 is 0. The Hall–Kier alpha value is -4.40. The number of ether oxygens (including phenoxy) is 6. The molecule has 0 bridgehead atoms. The topological polar surface area (TPSA) is 55.4 Å². The van der Waals surface area contributed by atoms with E-state index in [0.29, 0.717) is 46.2 Å². The van der Waals surface area contributed by atoms with Crippen molar-refractivity contribution in [2.75, 3.05) is 13.2 Å². The van der Waals surface area contributed by atoms with Crippen LogP contribution in [0.25, 0.3) is 0 Å². The van der Waals surface area contributed by atoms with Gasteiger partial charge in [0.1, 0.15) is 18.3 Å². The molecule has 1 fully saturated rings. The van der Waals surface area contributed by atoms with Crippen LogP contribution in [0.3, 0.4) is 0 Å². The summed E-state index contributed by atoms with van der Waals surface area (Å²) in [4.78, 5) is 0. The van der Waals surface area contributed by atoms with Crippen molar-refractivity contribution in [3.05, 3.63) is 192 Å². The molecule has 0 aliphatic heterocycles. The van der Waals surface area contributed by atoms with Crippen molar-refractivity contribution in [2.24, 2.45) is 5.92 Å². The zero-order valence-electron chi connectivity index (χ0n) is 29.1. The maximum absolute atomic E-state index is 6.96. The Kier molecular flexibility index (Phi) is 14.2. The molecule has 5 aromatic carbocycles. The highest BCUT2D eigenvalue weighted by atomic mass is 16.6. The van der Waals surface area contributed by atoms with Crippen LogP contribution < -0.4 is 0 Å². The summed E-state index contributed by atoms with van der Waals surface area (Å²) in [7, 11) is 0. The molecule has 0 amide bonds. The molecular formula is C45H48O6. The Labute approximate surface area is 302 Å². The summed E-state index contributed by atoms with van der Waals surface area (Å²) < 4.78 is 40.9. The predicted octanol–water partition coefficient (Wildman–Crippen LogP) is 8.75. The molecule has 6 nitrogen and oxygen atoms in total. The smallest absolute Gasteiger partial charge is 0.115 e. The van der Waals surface area contributed by atoms with Crippen LogP contribution in [-0.4, -0.2) is 43.7 Å². The average molecular weight is 685 g/mol. The number of hydrogen-bond donors (Lipinski definition) is 0. The van der Waals surface area contributed by atoms with Crippen LogP contribution in [0.15, 0.2) is 164 Å². The van der Waals surface area contributed by atoms with Gasteiger partial charge in [-0.1, -0.05) is 158 Å². The van der Waals surface area contributed by atoms with E-state index in [9.17, 15) is 0 Å². The zero-order chi connectivity index (χ0) is 34.9. The first kappa shape index (κ1) is 36.4. The summed E-state index contributed by atoms with van der Waals surface area (Å²) in [6, 6.07) is 51.0. The first-order valence-corrected chi connectivity index (χ1v) is 17.7. The molecule has 1 aliphatic rings. The van der Waals surface area contributed by atoms with Gasteiger partial charge in [0.05, 0.1) is 58.5 Å². The fourth-order valence-corrected chi connectivity index (χ4v) is 6.56. The van der Waals surface area contributed by atoms with Gasteiger partial charge in [-0.05, 0) is 27.8 Å². The highest BCUT2D eigenvalue weighted by Crippen LogP contribution is 2.38. The second-order valence-electron chi connectivity index (χ2n) is 12.8. The van der Waals surface area contributed by atoms with Crippen LogP contribution in [-0.2, 0) is 61.5 Å². The van der Waals surface area contributed by atoms with E-state index in [1.807, 2.05) is 91.0 Å². The van der Waals surface area contributed by atoms with Crippen molar-refractivity contribution >= 4 is 0 Å². The number of rotatable bonds is 19. The van der Waals surface area contributed by atoms with Gasteiger partial charge in [-0.3, -0.25) is 0 Å². The Bertz CT molecular complexity index is 1670. The van der Waals surface area contributed by atoms with E-state index in [4.69, 9.17) is 28.4 Å². The molecule has 6 atom stereocenters. The molecule has 0 unspecified atom stereocenters. The van der Waals surface area contributed by atoms with E-state index in [1.165, 1.54) is 0 Å². The van der Waals surface area contributed by atoms with E-state index in [1.54, 1.807) is 6.08 Å². The Morgan fingerprint density at radius 2 is 0.667 bits per heavy atom. The maximum Gasteiger partial charge on any atom is 0.115 e. The second kappa shape index (κ2) is 19.8. The molecule has 264 valence electrons. The van der Waals surface area contributed by atoms with Crippen LogP contribution in [0.5, 0.6) is 0 Å². The summed E-state index contributed by atoms with van der Waals surface area (Å²) in [5.74, 6) is -0.270. The van der Waals surface area contributed by atoms with Crippen molar-refractivity contribution in [3.8, 4) is 0 Å². The van der Waals surface area contributed by atoms with Gasteiger partial charge in [0, 0.05) is 5.92 Å². The van der Waals surface area contributed by atoms with Crippen molar-refractivity contribution in [3.63, 3.8) is 0 Å². The SMILES string of the molecule is C=CCO[C@H]1[C@H](OCc2ccccc2)[C@@H](OCc2ccccc2)[C@H](OCc2ccccc2)[C@@H](COCc2ccccc2)[C@H]1OCc1ccccc1. The van der Waals surface area contributed by atoms with Gasteiger partial charge in [0.15, 0.2) is 0 Å². The zero-order valence-corrected chi connectivity index (χ0v) is 29.1. The summed E-state index contributed by atoms with van der Waals surface area (Å²) in [5.41, 5.74) is 5.34. The summed E-state index contributed by atoms with van der Waals surface area (Å²) in [6.07, 6.45) is -0.733. The third-order valence-corrected chi connectivity index (χ3v) is 9.11. The standard InChI is InChI=1S/C45H48O6/c1-2-28-47-43-41(48-30-36-20-10-4-11-21-36)40(34-46-29-35-18-8-3-9-19-35)42(49-31-37-22-12-5-13-23-37)44(50-32-38-24-14-6-15-25-38)45(43)51-33-39-26-16-7-17-27-39/h2-27,40-45H,1,28-34H2/t40-,41+,42+,43+,44-,45-/m0/s1. The molecule has 51 heavy (non-hydrogen) atoms. The first-order valence-electron chi connectivity index (χ1n) is 17.7. The van der Waals surface area contributed by atoms with Crippen molar-refractivity contribution in [2.45, 2.75) is 63.6 Å². The van der Waals surface area contributed by atoms with Gasteiger partial charge < -0.3 is 28.4 Å². The molecule has 1 aliphatic carbocycles.